The van der Waals surface area contributed by atoms with E-state index in [2.05, 4.69) is 20.8 Å². The van der Waals surface area contributed by atoms with Gasteiger partial charge in [-0.3, -0.25) is 9.89 Å². The van der Waals surface area contributed by atoms with Crippen LogP contribution < -0.4 is 10.6 Å². The van der Waals surface area contributed by atoms with Crippen LogP contribution in [0.25, 0.3) is 0 Å². The molecule has 0 saturated heterocycles. The third-order valence-electron chi connectivity index (χ3n) is 5.21. The summed E-state index contributed by atoms with van der Waals surface area (Å²) < 4.78 is 0. The fraction of sp³-hybridized carbons (Fsp3) is 0.444. The highest BCUT2D eigenvalue weighted by Crippen LogP contribution is 2.54. The maximum absolute atomic E-state index is 12.5. The molecule has 126 valence electrons. The van der Waals surface area contributed by atoms with Gasteiger partial charge in [0, 0.05) is 42.7 Å². The largest absolute Gasteiger partial charge is 0.388 e. The fourth-order valence-corrected chi connectivity index (χ4v) is 3.45. The van der Waals surface area contributed by atoms with Crippen LogP contribution in [0.5, 0.6) is 0 Å². The number of benzene rings is 1. The molecule has 0 spiro atoms. The highest BCUT2D eigenvalue weighted by atomic mass is 16.3. The van der Waals surface area contributed by atoms with Crippen LogP contribution in [0.3, 0.4) is 0 Å². The van der Waals surface area contributed by atoms with Crippen molar-refractivity contribution in [3.8, 4) is 0 Å². The van der Waals surface area contributed by atoms with Crippen LogP contribution >= 0.6 is 0 Å². The van der Waals surface area contributed by atoms with Gasteiger partial charge in [0.25, 0.3) is 5.91 Å². The molecule has 1 atom stereocenters. The van der Waals surface area contributed by atoms with Gasteiger partial charge >= 0.3 is 0 Å². The van der Waals surface area contributed by atoms with Crippen LogP contribution in [-0.2, 0) is 13.0 Å². The van der Waals surface area contributed by atoms with Crippen LogP contribution in [0.2, 0.25) is 0 Å². The van der Waals surface area contributed by atoms with Crippen molar-refractivity contribution >= 4 is 5.91 Å². The Morgan fingerprint density at radius 2 is 2.12 bits per heavy atom. The van der Waals surface area contributed by atoms with Crippen LogP contribution in [-0.4, -0.2) is 34.3 Å². The summed E-state index contributed by atoms with van der Waals surface area (Å²) in [6.07, 6.45) is 2.16. The molecule has 1 unspecified atom stereocenters. The second-order valence-corrected chi connectivity index (χ2v) is 6.81. The molecule has 1 aliphatic carbocycles. The summed E-state index contributed by atoms with van der Waals surface area (Å²) in [5.41, 5.74) is 3.15. The number of carbonyl (C=O) groups excluding carboxylic acids is 1. The topological polar surface area (TPSA) is 90.0 Å². The van der Waals surface area contributed by atoms with Gasteiger partial charge in [-0.1, -0.05) is 30.3 Å². The number of fused-ring (bicyclic) bond motifs is 1. The van der Waals surface area contributed by atoms with Gasteiger partial charge in [-0.05, 0) is 18.4 Å². The lowest BCUT2D eigenvalue weighted by Crippen LogP contribution is -2.34. The maximum Gasteiger partial charge on any atom is 0.272 e. The van der Waals surface area contributed by atoms with E-state index in [1.54, 1.807) is 0 Å². The highest BCUT2D eigenvalue weighted by molar-refractivity contribution is 5.94. The van der Waals surface area contributed by atoms with Crippen molar-refractivity contribution < 1.29 is 9.90 Å². The number of nitrogens with one attached hydrogen (secondary N) is 3. The van der Waals surface area contributed by atoms with E-state index in [0.717, 1.165) is 42.6 Å². The number of aliphatic hydroxyl groups is 1. The lowest BCUT2D eigenvalue weighted by Gasteiger charge is -2.23. The Balaban J connectivity index is 1.43. The quantitative estimate of drug-likeness (QED) is 0.667. The van der Waals surface area contributed by atoms with Crippen LogP contribution in [0.15, 0.2) is 30.3 Å². The van der Waals surface area contributed by atoms with Crippen LogP contribution in [0.4, 0.5) is 0 Å². The number of aliphatic hydroxyl groups excluding tert-OH is 1. The Hall–Kier alpha value is -2.18. The highest BCUT2D eigenvalue weighted by Gasteiger charge is 2.49. The zero-order valence-electron chi connectivity index (χ0n) is 13.5. The van der Waals surface area contributed by atoms with E-state index in [-0.39, 0.29) is 11.3 Å². The molecule has 4 N–H and O–H groups in total. The van der Waals surface area contributed by atoms with Crippen molar-refractivity contribution in [2.45, 2.75) is 31.9 Å². The summed E-state index contributed by atoms with van der Waals surface area (Å²) in [5.74, 6) is -0.164. The average Bonchev–Trinajstić information content (AvgIpc) is 3.31. The number of aromatic nitrogens is 2. The number of carbonyl (C=O) groups is 1. The van der Waals surface area contributed by atoms with E-state index in [0.29, 0.717) is 18.8 Å². The van der Waals surface area contributed by atoms with Gasteiger partial charge in [-0.25, -0.2) is 0 Å². The molecule has 1 amide bonds. The summed E-state index contributed by atoms with van der Waals surface area (Å²) >= 11 is 0. The fourth-order valence-electron chi connectivity index (χ4n) is 3.45. The smallest absolute Gasteiger partial charge is 0.272 e. The van der Waals surface area contributed by atoms with E-state index in [4.69, 9.17) is 0 Å². The number of rotatable bonds is 5. The minimum absolute atomic E-state index is 0.164. The van der Waals surface area contributed by atoms with Gasteiger partial charge in [0.05, 0.1) is 6.10 Å². The van der Waals surface area contributed by atoms with E-state index in [9.17, 15) is 9.90 Å². The number of hydrogen-bond acceptors (Lipinski definition) is 4. The first kappa shape index (κ1) is 15.4. The molecule has 4 rings (SSSR count). The SMILES string of the molecule is O=C(NCC1(C(O)c2ccccc2)CC1)c1n[nH]c2c1CNCC2. The molecule has 2 aromatic rings. The third-order valence-corrected chi connectivity index (χ3v) is 5.21. The second kappa shape index (κ2) is 6.03. The van der Waals surface area contributed by atoms with Crippen molar-refractivity contribution in [1.82, 2.24) is 20.8 Å². The van der Waals surface area contributed by atoms with E-state index in [1.165, 1.54) is 0 Å². The van der Waals surface area contributed by atoms with Crippen molar-refractivity contribution in [3.05, 3.63) is 52.8 Å². The molecular weight excluding hydrogens is 304 g/mol. The Labute approximate surface area is 140 Å². The third kappa shape index (κ3) is 2.72. The summed E-state index contributed by atoms with van der Waals surface area (Å²) in [5, 5.41) is 24.1. The van der Waals surface area contributed by atoms with E-state index in [1.807, 2.05) is 30.3 Å². The Kier molecular flexibility index (Phi) is 3.86. The normalized spacial score (nSPS) is 19.4. The van der Waals surface area contributed by atoms with Gasteiger partial charge in [0.15, 0.2) is 5.69 Å². The Bertz CT molecular complexity index is 737. The molecule has 0 bridgehead atoms. The first-order valence-electron chi connectivity index (χ1n) is 8.48. The first-order chi connectivity index (χ1) is 11.7. The van der Waals surface area contributed by atoms with Gasteiger partial charge in [0.1, 0.15) is 0 Å². The summed E-state index contributed by atoms with van der Waals surface area (Å²) in [6.45, 7) is 2.05. The standard InChI is InChI=1S/C18H22N4O2/c23-16(12-4-2-1-3-5-12)18(7-8-18)11-20-17(24)15-13-10-19-9-6-14(13)21-22-15/h1-5,16,19,23H,6-11H2,(H,20,24)(H,21,22). The van der Waals surface area contributed by atoms with Gasteiger partial charge in [-0.15, -0.1) is 0 Å². The Morgan fingerprint density at radius 3 is 2.88 bits per heavy atom. The zero-order chi connectivity index (χ0) is 16.6. The van der Waals surface area contributed by atoms with Crippen molar-refractivity contribution in [2.24, 2.45) is 5.41 Å². The summed E-state index contributed by atoms with van der Waals surface area (Å²) in [7, 11) is 0. The number of aromatic amines is 1. The predicted octanol–water partition coefficient (Wildman–Crippen LogP) is 1.30. The molecular formula is C18H22N4O2. The number of hydrogen-bond donors (Lipinski definition) is 4. The molecule has 1 aromatic heterocycles. The van der Waals surface area contributed by atoms with E-state index < -0.39 is 6.10 Å². The monoisotopic (exact) mass is 326 g/mol. The van der Waals surface area contributed by atoms with Gasteiger partial charge in [0.2, 0.25) is 0 Å². The molecule has 1 aromatic carbocycles. The predicted molar refractivity (Wildman–Crippen MR) is 89.4 cm³/mol. The summed E-state index contributed by atoms with van der Waals surface area (Å²) in [4.78, 5) is 12.5. The summed E-state index contributed by atoms with van der Waals surface area (Å²) in [6, 6.07) is 9.66. The lowest BCUT2D eigenvalue weighted by atomic mass is 9.92. The number of amides is 1. The zero-order valence-corrected chi connectivity index (χ0v) is 13.5. The molecule has 2 heterocycles. The molecule has 1 aliphatic heterocycles. The van der Waals surface area contributed by atoms with Crippen molar-refractivity contribution in [1.29, 1.82) is 0 Å². The van der Waals surface area contributed by atoms with Crippen molar-refractivity contribution in [2.75, 3.05) is 13.1 Å². The minimum Gasteiger partial charge on any atom is -0.388 e. The number of H-pyrrole nitrogens is 1. The minimum atomic E-state index is -0.547. The average molecular weight is 326 g/mol. The first-order valence-corrected chi connectivity index (χ1v) is 8.48. The second-order valence-electron chi connectivity index (χ2n) is 6.81. The van der Waals surface area contributed by atoms with Crippen LogP contribution in [0.1, 0.15) is 46.3 Å². The van der Waals surface area contributed by atoms with Crippen molar-refractivity contribution in [3.63, 3.8) is 0 Å². The van der Waals surface area contributed by atoms with Gasteiger partial charge in [-0.2, -0.15) is 5.10 Å². The lowest BCUT2D eigenvalue weighted by molar-refractivity contribution is 0.0804. The molecule has 1 saturated carbocycles. The molecule has 24 heavy (non-hydrogen) atoms. The maximum atomic E-state index is 12.5. The molecule has 0 radical (unpaired) electrons. The Morgan fingerprint density at radius 1 is 1.33 bits per heavy atom. The molecule has 2 aliphatic rings. The molecule has 6 heteroatoms. The number of nitrogens with zero attached hydrogens (tertiary/aromatic N) is 1. The van der Waals surface area contributed by atoms with Gasteiger partial charge < -0.3 is 15.7 Å². The molecule has 1 fully saturated rings. The molecule has 6 nitrogen and oxygen atoms in total. The van der Waals surface area contributed by atoms with E-state index >= 15 is 0 Å². The van der Waals surface area contributed by atoms with Crippen LogP contribution in [0, 0.1) is 5.41 Å².